The number of nitrogens with two attached hydrogens (primary N) is 1. The van der Waals surface area contributed by atoms with Gasteiger partial charge in [0.15, 0.2) is 0 Å². The number of nitrogens with zero attached hydrogens (tertiary/aromatic N) is 1. The molecule has 2 nitrogen and oxygen atoms in total. The number of rotatable bonds is 4. The molecular weight excluding hydrogens is 228 g/mol. The van der Waals surface area contributed by atoms with Crippen LogP contribution in [0.3, 0.4) is 0 Å². The van der Waals surface area contributed by atoms with E-state index in [2.05, 4.69) is 23.6 Å². The van der Waals surface area contributed by atoms with Gasteiger partial charge < -0.3 is 5.73 Å². The van der Waals surface area contributed by atoms with Gasteiger partial charge >= 0.3 is 0 Å². The van der Waals surface area contributed by atoms with Crippen molar-refractivity contribution in [1.29, 1.82) is 0 Å². The lowest BCUT2D eigenvalue weighted by atomic mass is 9.72. The Morgan fingerprint density at radius 2 is 2.06 bits per heavy atom. The fourth-order valence-corrected chi connectivity index (χ4v) is 4.41. The topological polar surface area (TPSA) is 29.3 Å². The van der Waals surface area contributed by atoms with E-state index in [4.69, 9.17) is 5.73 Å². The standard InChI is InChI=1S/C14H28N2S/c1-13-11-17-10-9-16(13)8-7-14(12-15)5-3-2-4-6-14/h13H,2-12,15H2,1H3. The van der Waals surface area contributed by atoms with E-state index < -0.39 is 0 Å². The minimum absolute atomic E-state index is 0.489. The molecule has 0 amide bonds. The van der Waals surface area contributed by atoms with E-state index in [-0.39, 0.29) is 0 Å². The van der Waals surface area contributed by atoms with Gasteiger partial charge in [-0.2, -0.15) is 11.8 Å². The summed E-state index contributed by atoms with van der Waals surface area (Å²) in [5, 5.41) is 0. The Bertz CT molecular complexity index is 226. The van der Waals surface area contributed by atoms with Crippen molar-refractivity contribution < 1.29 is 0 Å². The average molecular weight is 256 g/mol. The van der Waals surface area contributed by atoms with Gasteiger partial charge in [-0.05, 0) is 44.7 Å². The molecule has 1 heterocycles. The number of hydrogen-bond donors (Lipinski definition) is 1. The first-order valence-corrected chi connectivity index (χ1v) is 8.43. The van der Waals surface area contributed by atoms with Gasteiger partial charge in [-0.25, -0.2) is 0 Å². The van der Waals surface area contributed by atoms with Crippen LogP contribution in [-0.2, 0) is 0 Å². The third-order valence-electron chi connectivity index (χ3n) is 4.78. The minimum atomic E-state index is 0.489. The summed E-state index contributed by atoms with van der Waals surface area (Å²) >= 11 is 2.11. The van der Waals surface area contributed by atoms with Crippen molar-refractivity contribution in [2.24, 2.45) is 11.1 Å². The summed E-state index contributed by atoms with van der Waals surface area (Å²) in [5.74, 6) is 2.63. The molecule has 0 aromatic rings. The first-order chi connectivity index (χ1) is 8.26. The molecule has 1 aliphatic carbocycles. The summed E-state index contributed by atoms with van der Waals surface area (Å²) in [7, 11) is 0. The Morgan fingerprint density at radius 3 is 2.71 bits per heavy atom. The largest absolute Gasteiger partial charge is 0.330 e. The van der Waals surface area contributed by atoms with Crippen molar-refractivity contribution in [3.8, 4) is 0 Å². The van der Waals surface area contributed by atoms with E-state index >= 15 is 0 Å². The van der Waals surface area contributed by atoms with Crippen LogP contribution in [-0.4, -0.2) is 42.1 Å². The third kappa shape index (κ3) is 3.62. The van der Waals surface area contributed by atoms with Gasteiger partial charge in [-0.15, -0.1) is 0 Å². The van der Waals surface area contributed by atoms with Gasteiger partial charge in [-0.1, -0.05) is 19.3 Å². The fraction of sp³-hybridized carbons (Fsp3) is 1.00. The Morgan fingerprint density at radius 1 is 1.29 bits per heavy atom. The average Bonchev–Trinajstić information content (AvgIpc) is 2.39. The second-order valence-electron chi connectivity index (χ2n) is 5.97. The minimum Gasteiger partial charge on any atom is -0.330 e. The Kier molecular flexibility index (Phi) is 5.19. The number of thioether (sulfide) groups is 1. The van der Waals surface area contributed by atoms with Crippen molar-refractivity contribution in [3.05, 3.63) is 0 Å². The molecule has 0 bridgehead atoms. The molecule has 2 N–H and O–H groups in total. The maximum Gasteiger partial charge on any atom is 0.0158 e. The summed E-state index contributed by atoms with van der Waals surface area (Å²) in [6, 6.07) is 0.771. The lowest BCUT2D eigenvalue weighted by Crippen LogP contribution is -2.44. The van der Waals surface area contributed by atoms with Crippen molar-refractivity contribution in [3.63, 3.8) is 0 Å². The van der Waals surface area contributed by atoms with Crippen molar-refractivity contribution in [1.82, 2.24) is 4.90 Å². The van der Waals surface area contributed by atoms with Crippen LogP contribution in [0.15, 0.2) is 0 Å². The smallest absolute Gasteiger partial charge is 0.0158 e. The maximum atomic E-state index is 6.07. The first-order valence-electron chi connectivity index (χ1n) is 7.28. The fourth-order valence-electron chi connectivity index (χ4n) is 3.33. The SMILES string of the molecule is CC1CSCCN1CCC1(CN)CCCCC1. The van der Waals surface area contributed by atoms with Crippen molar-refractivity contribution in [2.75, 3.05) is 31.1 Å². The Hall–Kier alpha value is 0.270. The molecule has 2 aliphatic rings. The van der Waals surface area contributed by atoms with Crippen LogP contribution in [0, 0.1) is 5.41 Å². The van der Waals surface area contributed by atoms with Gasteiger partial charge in [0.2, 0.25) is 0 Å². The zero-order valence-electron chi connectivity index (χ0n) is 11.3. The van der Waals surface area contributed by atoms with Crippen LogP contribution in [0.5, 0.6) is 0 Å². The van der Waals surface area contributed by atoms with Crippen LogP contribution in [0.25, 0.3) is 0 Å². The molecule has 0 aromatic heterocycles. The van der Waals surface area contributed by atoms with E-state index in [9.17, 15) is 0 Å². The molecule has 3 heteroatoms. The molecule has 2 fully saturated rings. The molecule has 100 valence electrons. The van der Waals surface area contributed by atoms with Gasteiger partial charge in [0, 0.05) is 24.1 Å². The summed E-state index contributed by atoms with van der Waals surface area (Å²) in [4.78, 5) is 2.68. The molecule has 1 atom stereocenters. The predicted octanol–water partition coefficient (Wildman–Crippen LogP) is 2.72. The molecule has 1 saturated heterocycles. The first kappa shape index (κ1) is 13.7. The normalized spacial score (nSPS) is 30.4. The predicted molar refractivity (Wildman–Crippen MR) is 77.5 cm³/mol. The maximum absolute atomic E-state index is 6.07. The zero-order chi connectivity index (χ0) is 12.1. The van der Waals surface area contributed by atoms with Crippen LogP contribution in [0.2, 0.25) is 0 Å². The summed E-state index contributed by atoms with van der Waals surface area (Å²) in [6.45, 7) is 5.84. The van der Waals surface area contributed by atoms with Crippen molar-refractivity contribution >= 4 is 11.8 Å². The van der Waals surface area contributed by atoms with Gasteiger partial charge in [0.05, 0.1) is 0 Å². The molecular formula is C14H28N2S. The summed E-state index contributed by atoms with van der Waals surface area (Å²) < 4.78 is 0. The molecule has 1 aliphatic heterocycles. The lowest BCUT2D eigenvalue weighted by molar-refractivity contribution is 0.135. The van der Waals surface area contributed by atoms with Crippen molar-refractivity contribution in [2.45, 2.75) is 51.5 Å². The Labute approximate surface area is 111 Å². The molecule has 0 spiro atoms. The zero-order valence-corrected chi connectivity index (χ0v) is 12.1. The Balaban J connectivity index is 1.82. The molecule has 0 aromatic carbocycles. The molecule has 17 heavy (non-hydrogen) atoms. The molecule has 1 unspecified atom stereocenters. The van der Waals surface area contributed by atoms with Crippen LogP contribution >= 0.6 is 11.8 Å². The van der Waals surface area contributed by atoms with Crippen LogP contribution in [0.4, 0.5) is 0 Å². The second-order valence-corrected chi connectivity index (χ2v) is 7.12. The summed E-state index contributed by atoms with van der Waals surface area (Å²) in [6.07, 6.45) is 8.32. The van der Waals surface area contributed by atoms with E-state index in [1.165, 1.54) is 63.1 Å². The second kappa shape index (κ2) is 6.44. The molecule has 2 rings (SSSR count). The van der Waals surface area contributed by atoms with Crippen LogP contribution < -0.4 is 5.73 Å². The highest BCUT2D eigenvalue weighted by molar-refractivity contribution is 7.99. The van der Waals surface area contributed by atoms with Crippen LogP contribution in [0.1, 0.15) is 45.4 Å². The molecule has 0 radical (unpaired) electrons. The quantitative estimate of drug-likeness (QED) is 0.838. The number of hydrogen-bond acceptors (Lipinski definition) is 3. The van der Waals surface area contributed by atoms with E-state index in [1.807, 2.05) is 0 Å². The molecule has 1 saturated carbocycles. The van der Waals surface area contributed by atoms with E-state index in [0.29, 0.717) is 5.41 Å². The highest BCUT2D eigenvalue weighted by Gasteiger charge is 2.31. The van der Waals surface area contributed by atoms with Gasteiger partial charge in [-0.3, -0.25) is 4.90 Å². The lowest BCUT2D eigenvalue weighted by Gasteiger charge is -2.40. The van der Waals surface area contributed by atoms with E-state index in [1.54, 1.807) is 0 Å². The monoisotopic (exact) mass is 256 g/mol. The van der Waals surface area contributed by atoms with Gasteiger partial charge in [0.1, 0.15) is 0 Å². The summed E-state index contributed by atoms with van der Waals surface area (Å²) in [5.41, 5.74) is 6.55. The van der Waals surface area contributed by atoms with Gasteiger partial charge in [0.25, 0.3) is 0 Å². The van der Waals surface area contributed by atoms with E-state index in [0.717, 1.165) is 12.6 Å². The highest BCUT2D eigenvalue weighted by Crippen LogP contribution is 2.38. The highest BCUT2D eigenvalue weighted by atomic mass is 32.2. The third-order valence-corrected chi connectivity index (χ3v) is 5.97.